The summed E-state index contributed by atoms with van der Waals surface area (Å²) in [6, 6.07) is 15.3. The summed E-state index contributed by atoms with van der Waals surface area (Å²) in [6.45, 7) is 0.456. The molecule has 4 rings (SSSR count). The summed E-state index contributed by atoms with van der Waals surface area (Å²) in [5.74, 6) is -1.50. The van der Waals surface area contributed by atoms with E-state index in [0.717, 1.165) is 22.0 Å². The minimum absolute atomic E-state index is 0.00215. The van der Waals surface area contributed by atoms with Crippen LogP contribution in [0.4, 0.5) is 0 Å². The average molecular weight is 476 g/mol. The molecule has 1 aliphatic heterocycles. The van der Waals surface area contributed by atoms with Gasteiger partial charge in [0, 0.05) is 55.9 Å². The Bertz CT molecular complexity index is 1210. The molecule has 3 aromatic rings. The lowest BCUT2D eigenvalue weighted by atomic mass is 10.0. The van der Waals surface area contributed by atoms with E-state index < -0.39 is 23.9 Å². The van der Waals surface area contributed by atoms with Crippen LogP contribution in [0.5, 0.6) is 0 Å². The third-order valence-corrected chi connectivity index (χ3v) is 5.99. The van der Waals surface area contributed by atoms with E-state index in [1.165, 1.54) is 0 Å². The number of aromatic nitrogens is 1. The lowest BCUT2D eigenvalue weighted by Gasteiger charge is -2.24. The van der Waals surface area contributed by atoms with Crippen LogP contribution in [-0.4, -0.2) is 53.8 Å². The van der Waals surface area contributed by atoms with Crippen molar-refractivity contribution in [2.45, 2.75) is 37.8 Å². The predicted octanol–water partition coefficient (Wildman–Crippen LogP) is 0.949. The van der Waals surface area contributed by atoms with E-state index >= 15 is 0 Å². The van der Waals surface area contributed by atoms with Gasteiger partial charge in [-0.3, -0.25) is 19.2 Å². The molecule has 0 saturated carbocycles. The monoisotopic (exact) mass is 475 g/mol. The van der Waals surface area contributed by atoms with Crippen LogP contribution in [0.25, 0.3) is 10.9 Å². The van der Waals surface area contributed by atoms with Crippen LogP contribution in [0, 0.1) is 0 Å². The minimum Gasteiger partial charge on any atom is -0.361 e. The number of hydrogen-bond acceptors (Lipinski definition) is 4. The summed E-state index contributed by atoms with van der Waals surface area (Å²) in [5.41, 5.74) is 2.68. The van der Waals surface area contributed by atoms with Gasteiger partial charge in [0.15, 0.2) is 0 Å². The zero-order valence-corrected chi connectivity index (χ0v) is 19.3. The molecule has 35 heavy (non-hydrogen) atoms. The molecule has 4 amide bonds. The number of hydrogen-bond donors (Lipinski definition) is 5. The van der Waals surface area contributed by atoms with Crippen molar-refractivity contribution in [1.29, 1.82) is 0 Å². The fraction of sp³-hybridized carbons (Fsp3) is 0.308. The molecule has 9 heteroatoms. The molecule has 2 heterocycles. The van der Waals surface area contributed by atoms with Crippen molar-refractivity contribution in [3.8, 4) is 0 Å². The lowest BCUT2D eigenvalue weighted by molar-refractivity contribution is -0.132. The maximum atomic E-state index is 13.4. The Balaban J connectivity index is 1.59. The molecule has 182 valence electrons. The zero-order chi connectivity index (χ0) is 24.6. The third kappa shape index (κ3) is 6.47. The van der Waals surface area contributed by atoms with E-state index in [0.29, 0.717) is 6.42 Å². The molecule has 9 nitrogen and oxygen atoms in total. The summed E-state index contributed by atoms with van der Waals surface area (Å²) in [5, 5.41) is 12.0. The summed E-state index contributed by atoms with van der Waals surface area (Å²) in [4.78, 5) is 54.2. The van der Waals surface area contributed by atoms with E-state index in [2.05, 4.69) is 26.3 Å². The molecule has 2 aromatic carbocycles. The number of carbonyl (C=O) groups is 4. The van der Waals surface area contributed by atoms with Gasteiger partial charge in [-0.1, -0.05) is 48.5 Å². The Morgan fingerprint density at radius 1 is 0.686 bits per heavy atom. The number of fused-ring (bicyclic) bond motifs is 1. The maximum Gasteiger partial charge on any atom is 0.243 e. The van der Waals surface area contributed by atoms with Crippen molar-refractivity contribution in [3.63, 3.8) is 0 Å². The van der Waals surface area contributed by atoms with Crippen molar-refractivity contribution in [2.24, 2.45) is 0 Å². The van der Waals surface area contributed by atoms with Gasteiger partial charge in [-0.2, -0.15) is 0 Å². The molecule has 1 saturated heterocycles. The number of benzene rings is 2. The van der Waals surface area contributed by atoms with E-state index in [1.54, 1.807) is 0 Å². The Morgan fingerprint density at radius 3 is 2.20 bits per heavy atom. The number of carbonyl (C=O) groups excluding carboxylic acids is 4. The standard InChI is InChI=1S/C26H29N5O4/c32-23-10-11-24(33)30-22(15-18-16-29-20-9-5-4-8-19(18)20)26(35)31-21(25(34)28-13-12-27-23)14-17-6-2-1-3-7-17/h1-9,16,21-22,29H,10-15H2,(H,27,32)(H,28,34)(H,30,33)(H,31,35)/t21-,22-/m0/s1. The van der Waals surface area contributed by atoms with Crippen molar-refractivity contribution in [2.75, 3.05) is 13.1 Å². The average Bonchev–Trinajstić information content (AvgIpc) is 3.27. The quantitative estimate of drug-likeness (QED) is 0.384. The highest BCUT2D eigenvalue weighted by Gasteiger charge is 2.28. The van der Waals surface area contributed by atoms with Crippen LogP contribution >= 0.6 is 0 Å². The topological polar surface area (TPSA) is 132 Å². The van der Waals surface area contributed by atoms with Gasteiger partial charge in [-0.25, -0.2) is 0 Å². The van der Waals surface area contributed by atoms with Crippen molar-refractivity contribution in [3.05, 3.63) is 71.9 Å². The fourth-order valence-corrected chi connectivity index (χ4v) is 4.15. The van der Waals surface area contributed by atoms with E-state index in [9.17, 15) is 19.2 Å². The van der Waals surface area contributed by atoms with Gasteiger partial charge >= 0.3 is 0 Å². The third-order valence-electron chi connectivity index (χ3n) is 5.99. The highest BCUT2D eigenvalue weighted by Crippen LogP contribution is 2.19. The fourth-order valence-electron chi connectivity index (χ4n) is 4.15. The van der Waals surface area contributed by atoms with E-state index in [1.807, 2.05) is 60.8 Å². The van der Waals surface area contributed by atoms with Gasteiger partial charge in [0.1, 0.15) is 12.1 Å². The Labute approximate surface area is 203 Å². The first-order chi connectivity index (χ1) is 17.0. The molecule has 0 aliphatic carbocycles. The molecule has 1 aliphatic rings. The normalized spacial score (nSPS) is 20.3. The molecular weight excluding hydrogens is 446 g/mol. The van der Waals surface area contributed by atoms with Crippen LogP contribution in [0.2, 0.25) is 0 Å². The summed E-state index contributed by atoms with van der Waals surface area (Å²) >= 11 is 0. The number of nitrogens with one attached hydrogen (secondary N) is 5. The molecule has 0 unspecified atom stereocenters. The molecule has 0 bridgehead atoms. The number of H-pyrrole nitrogens is 1. The van der Waals surface area contributed by atoms with Crippen LogP contribution in [0.3, 0.4) is 0 Å². The first-order valence-corrected chi connectivity index (χ1v) is 11.7. The van der Waals surface area contributed by atoms with E-state index in [4.69, 9.17) is 0 Å². The van der Waals surface area contributed by atoms with Gasteiger partial charge in [0.25, 0.3) is 0 Å². The molecule has 0 radical (unpaired) electrons. The smallest absolute Gasteiger partial charge is 0.243 e. The molecular formula is C26H29N5O4. The largest absolute Gasteiger partial charge is 0.361 e. The highest BCUT2D eigenvalue weighted by atomic mass is 16.2. The highest BCUT2D eigenvalue weighted by molar-refractivity contribution is 5.94. The minimum atomic E-state index is -0.918. The second-order valence-electron chi connectivity index (χ2n) is 8.58. The van der Waals surface area contributed by atoms with Crippen LogP contribution in [0.15, 0.2) is 60.8 Å². The van der Waals surface area contributed by atoms with Crippen molar-refractivity contribution in [1.82, 2.24) is 26.3 Å². The Kier molecular flexibility index (Phi) is 7.77. The molecule has 1 fully saturated rings. The van der Waals surface area contributed by atoms with Gasteiger partial charge in [0.2, 0.25) is 23.6 Å². The van der Waals surface area contributed by atoms with Crippen molar-refractivity contribution < 1.29 is 19.2 Å². The molecule has 0 spiro atoms. The molecule has 2 atom stereocenters. The van der Waals surface area contributed by atoms with Gasteiger partial charge in [-0.05, 0) is 17.2 Å². The van der Waals surface area contributed by atoms with Gasteiger partial charge in [0.05, 0.1) is 0 Å². The van der Waals surface area contributed by atoms with Crippen LogP contribution < -0.4 is 21.3 Å². The second kappa shape index (κ2) is 11.3. The molecule has 1 aromatic heterocycles. The maximum absolute atomic E-state index is 13.4. The summed E-state index contributed by atoms with van der Waals surface area (Å²) in [6.07, 6.45) is 2.30. The van der Waals surface area contributed by atoms with Crippen LogP contribution in [-0.2, 0) is 32.0 Å². The SMILES string of the molecule is O=C1CCC(=O)N[C@@H](Cc2c[nH]c3ccccc23)C(=O)N[C@@H](Cc2ccccc2)C(=O)NCCN1. The zero-order valence-electron chi connectivity index (χ0n) is 19.3. The Hall–Kier alpha value is -4.14. The lowest BCUT2D eigenvalue weighted by Crippen LogP contribution is -2.55. The van der Waals surface area contributed by atoms with Crippen molar-refractivity contribution >= 4 is 34.5 Å². The summed E-state index contributed by atoms with van der Waals surface area (Å²) in [7, 11) is 0. The molecule has 5 N–H and O–H groups in total. The Morgan fingerprint density at radius 2 is 1.37 bits per heavy atom. The van der Waals surface area contributed by atoms with E-state index in [-0.39, 0.29) is 44.2 Å². The van der Waals surface area contributed by atoms with Gasteiger partial charge in [-0.15, -0.1) is 0 Å². The number of amides is 4. The number of aromatic amines is 1. The van der Waals surface area contributed by atoms with Gasteiger partial charge < -0.3 is 26.3 Å². The first kappa shape index (κ1) is 24.0. The van der Waals surface area contributed by atoms with Crippen LogP contribution in [0.1, 0.15) is 24.0 Å². The summed E-state index contributed by atoms with van der Waals surface area (Å²) < 4.78 is 0. The number of para-hydroxylation sites is 1. The predicted molar refractivity (Wildman–Crippen MR) is 131 cm³/mol. The second-order valence-corrected chi connectivity index (χ2v) is 8.58. The first-order valence-electron chi connectivity index (χ1n) is 11.7. The number of rotatable bonds is 4.